The number of anilines is 1. The van der Waals surface area contributed by atoms with Crippen LogP contribution in [-0.4, -0.2) is 15.8 Å². The molecule has 0 atom stereocenters. The molecule has 3 aromatic rings. The molecule has 3 rings (SSSR count). The minimum absolute atomic E-state index is 0.255. The lowest BCUT2D eigenvalue weighted by molar-refractivity contribution is 0.251. The Kier molecular flexibility index (Phi) is 5.13. The zero-order valence-electron chi connectivity index (χ0n) is 12.9. The Morgan fingerprint density at radius 1 is 1.08 bits per heavy atom. The molecule has 0 unspecified atom stereocenters. The van der Waals surface area contributed by atoms with Gasteiger partial charge in [-0.1, -0.05) is 35.9 Å². The van der Waals surface area contributed by atoms with Crippen LogP contribution in [0.4, 0.5) is 10.5 Å². The van der Waals surface area contributed by atoms with Crippen LogP contribution in [0.25, 0.3) is 0 Å². The molecule has 0 bridgehead atoms. The summed E-state index contributed by atoms with van der Waals surface area (Å²) in [6.07, 6.45) is 3.68. The van der Waals surface area contributed by atoms with Crippen molar-refractivity contribution in [3.63, 3.8) is 0 Å². The smallest absolute Gasteiger partial charge is 0.319 e. The van der Waals surface area contributed by atoms with E-state index in [2.05, 4.69) is 21.8 Å². The van der Waals surface area contributed by atoms with Crippen molar-refractivity contribution in [1.82, 2.24) is 15.1 Å². The van der Waals surface area contributed by atoms with Gasteiger partial charge >= 0.3 is 6.03 Å². The quantitative estimate of drug-likeness (QED) is 0.740. The molecule has 122 valence electrons. The predicted octanol–water partition coefficient (Wildman–Crippen LogP) is 3.91. The maximum atomic E-state index is 11.9. The van der Waals surface area contributed by atoms with Crippen LogP contribution in [0.2, 0.25) is 5.02 Å². The topological polar surface area (TPSA) is 59.0 Å². The Hall–Kier alpha value is -2.79. The minimum atomic E-state index is -0.255. The van der Waals surface area contributed by atoms with Gasteiger partial charge in [0.1, 0.15) is 0 Å². The number of aromatic nitrogens is 2. The number of urea groups is 1. The van der Waals surface area contributed by atoms with E-state index in [-0.39, 0.29) is 6.03 Å². The van der Waals surface area contributed by atoms with E-state index < -0.39 is 0 Å². The van der Waals surface area contributed by atoms with Crippen molar-refractivity contribution in [1.29, 1.82) is 0 Å². The molecule has 6 heteroatoms. The van der Waals surface area contributed by atoms with Gasteiger partial charge in [-0.05, 0) is 41.5 Å². The van der Waals surface area contributed by atoms with Crippen molar-refractivity contribution in [2.24, 2.45) is 0 Å². The fourth-order valence-electron chi connectivity index (χ4n) is 2.31. The Bertz CT molecular complexity index is 800. The lowest BCUT2D eigenvalue weighted by Crippen LogP contribution is -2.28. The monoisotopic (exact) mass is 340 g/mol. The van der Waals surface area contributed by atoms with E-state index in [1.165, 1.54) is 0 Å². The second-order valence-electron chi connectivity index (χ2n) is 5.34. The molecular formula is C18H17ClN4O. The van der Waals surface area contributed by atoms with Gasteiger partial charge in [0.25, 0.3) is 0 Å². The van der Waals surface area contributed by atoms with E-state index in [0.717, 1.165) is 11.1 Å². The zero-order valence-corrected chi connectivity index (χ0v) is 13.7. The Morgan fingerprint density at radius 2 is 1.88 bits per heavy atom. The number of amides is 2. The average molecular weight is 341 g/mol. The zero-order chi connectivity index (χ0) is 16.8. The molecule has 0 aliphatic rings. The first-order chi connectivity index (χ1) is 11.7. The first kappa shape index (κ1) is 16.1. The van der Waals surface area contributed by atoms with Gasteiger partial charge in [0.2, 0.25) is 0 Å². The van der Waals surface area contributed by atoms with Crippen molar-refractivity contribution >= 4 is 23.3 Å². The highest BCUT2D eigenvalue weighted by molar-refractivity contribution is 6.30. The maximum Gasteiger partial charge on any atom is 0.319 e. The van der Waals surface area contributed by atoms with Crippen LogP contribution in [0.3, 0.4) is 0 Å². The van der Waals surface area contributed by atoms with Gasteiger partial charge in [-0.2, -0.15) is 5.10 Å². The van der Waals surface area contributed by atoms with E-state index in [4.69, 9.17) is 11.6 Å². The molecule has 0 radical (unpaired) electrons. The average Bonchev–Trinajstić information content (AvgIpc) is 3.08. The standard InChI is InChI=1S/C18H17ClN4O/c19-16-5-7-17(8-6-16)22-18(24)20-12-14-3-1-4-15(11-14)13-23-10-2-9-21-23/h1-11H,12-13H2,(H2,20,22,24). The maximum absolute atomic E-state index is 11.9. The van der Waals surface area contributed by atoms with E-state index in [0.29, 0.717) is 23.8 Å². The molecule has 5 nitrogen and oxygen atoms in total. The number of hydrogen-bond donors (Lipinski definition) is 2. The summed E-state index contributed by atoms with van der Waals surface area (Å²) in [5.41, 5.74) is 2.87. The molecule has 0 aliphatic carbocycles. The van der Waals surface area contributed by atoms with Crippen LogP contribution in [0.1, 0.15) is 11.1 Å². The largest absolute Gasteiger partial charge is 0.334 e. The van der Waals surface area contributed by atoms with Gasteiger partial charge in [-0.15, -0.1) is 0 Å². The molecule has 2 amide bonds. The minimum Gasteiger partial charge on any atom is -0.334 e. The van der Waals surface area contributed by atoms with Gasteiger partial charge in [-0.25, -0.2) is 4.79 Å². The highest BCUT2D eigenvalue weighted by atomic mass is 35.5. The fourth-order valence-corrected chi connectivity index (χ4v) is 2.44. The Balaban J connectivity index is 1.54. The summed E-state index contributed by atoms with van der Waals surface area (Å²) >= 11 is 5.82. The molecule has 24 heavy (non-hydrogen) atoms. The molecule has 1 aromatic heterocycles. The summed E-state index contributed by atoms with van der Waals surface area (Å²) < 4.78 is 1.86. The third-order valence-electron chi connectivity index (χ3n) is 3.45. The van der Waals surface area contributed by atoms with E-state index >= 15 is 0 Å². The number of halogens is 1. The number of carbonyl (C=O) groups excluding carboxylic acids is 1. The SMILES string of the molecule is O=C(NCc1cccc(Cn2cccn2)c1)Nc1ccc(Cl)cc1. The number of hydrogen-bond acceptors (Lipinski definition) is 2. The fraction of sp³-hybridized carbons (Fsp3) is 0.111. The summed E-state index contributed by atoms with van der Waals surface area (Å²) in [7, 11) is 0. The van der Waals surface area contributed by atoms with Gasteiger partial charge in [0, 0.05) is 29.6 Å². The molecular weight excluding hydrogens is 324 g/mol. The van der Waals surface area contributed by atoms with Gasteiger partial charge in [0.05, 0.1) is 6.54 Å². The highest BCUT2D eigenvalue weighted by Crippen LogP contribution is 2.13. The highest BCUT2D eigenvalue weighted by Gasteiger charge is 2.03. The number of benzene rings is 2. The third kappa shape index (κ3) is 4.60. The number of rotatable bonds is 5. The van der Waals surface area contributed by atoms with Crippen molar-refractivity contribution in [3.05, 3.63) is 83.1 Å². The predicted molar refractivity (Wildman–Crippen MR) is 95.1 cm³/mol. The first-order valence-corrected chi connectivity index (χ1v) is 7.92. The van der Waals surface area contributed by atoms with Crippen LogP contribution < -0.4 is 10.6 Å². The summed E-state index contributed by atoms with van der Waals surface area (Å²) in [4.78, 5) is 11.9. The molecule has 2 aromatic carbocycles. The lowest BCUT2D eigenvalue weighted by atomic mass is 10.1. The van der Waals surface area contributed by atoms with E-state index in [1.807, 2.05) is 35.1 Å². The Labute approximate surface area is 145 Å². The van der Waals surface area contributed by atoms with Crippen LogP contribution in [0.15, 0.2) is 67.0 Å². The van der Waals surface area contributed by atoms with Crippen LogP contribution >= 0.6 is 11.6 Å². The van der Waals surface area contributed by atoms with Crippen molar-refractivity contribution < 1.29 is 4.79 Å². The second-order valence-corrected chi connectivity index (χ2v) is 5.77. The molecule has 1 heterocycles. The van der Waals surface area contributed by atoms with Crippen LogP contribution in [0, 0.1) is 0 Å². The number of nitrogens with one attached hydrogen (secondary N) is 2. The van der Waals surface area contributed by atoms with Gasteiger partial charge < -0.3 is 10.6 Å². The van der Waals surface area contributed by atoms with Crippen molar-refractivity contribution in [2.75, 3.05) is 5.32 Å². The van der Waals surface area contributed by atoms with Crippen LogP contribution in [0.5, 0.6) is 0 Å². The van der Waals surface area contributed by atoms with E-state index in [1.54, 1.807) is 30.5 Å². The normalized spacial score (nSPS) is 10.4. The molecule has 0 saturated carbocycles. The summed E-state index contributed by atoms with van der Waals surface area (Å²) in [6, 6.07) is 16.7. The van der Waals surface area contributed by atoms with Crippen molar-refractivity contribution in [2.45, 2.75) is 13.1 Å². The molecule has 2 N–H and O–H groups in total. The second kappa shape index (κ2) is 7.66. The third-order valence-corrected chi connectivity index (χ3v) is 3.70. The van der Waals surface area contributed by atoms with E-state index in [9.17, 15) is 4.79 Å². The van der Waals surface area contributed by atoms with Crippen LogP contribution in [-0.2, 0) is 13.1 Å². The van der Waals surface area contributed by atoms with Gasteiger partial charge in [0.15, 0.2) is 0 Å². The molecule has 0 aliphatic heterocycles. The Morgan fingerprint density at radius 3 is 2.62 bits per heavy atom. The summed E-state index contributed by atoms with van der Waals surface area (Å²) in [5.74, 6) is 0. The summed E-state index contributed by atoms with van der Waals surface area (Å²) in [5, 5.41) is 10.4. The molecule has 0 spiro atoms. The first-order valence-electron chi connectivity index (χ1n) is 7.55. The number of carbonyl (C=O) groups is 1. The molecule has 0 saturated heterocycles. The number of nitrogens with zero attached hydrogens (tertiary/aromatic N) is 2. The van der Waals surface area contributed by atoms with Crippen molar-refractivity contribution in [3.8, 4) is 0 Å². The lowest BCUT2D eigenvalue weighted by Gasteiger charge is -2.09. The van der Waals surface area contributed by atoms with Gasteiger partial charge in [-0.3, -0.25) is 4.68 Å². The molecule has 0 fully saturated rings. The summed E-state index contributed by atoms with van der Waals surface area (Å²) in [6.45, 7) is 1.16.